The van der Waals surface area contributed by atoms with Crippen molar-refractivity contribution >= 4 is 27.6 Å². The summed E-state index contributed by atoms with van der Waals surface area (Å²) in [7, 11) is 0. The monoisotopic (exact) mass is 367 g/mol. The molecule has 122 valence electrons. The lowest BCUT2D eigenvalue weighted by atomic mass is 9.97. The van der Waals surface area contributed by atoms with Gasteiger partial charge in [-0.2, -0.15) is 0 Å². The van der Waals surface area contributed by atoms with Gasteiger partial charge < -0.3 is 15.5 Å². The Morgan fingerprint density at radius 1 is 1.36 bits per heavy atom. The molecule has 2 amide bonds. The smallest absolute Gasteiger partial charge is 0.319 e. The van der Waals surface area contributed by atoms with E-state index in [1.165, 1.54) is 25.8 Å². The number of carbonyl (C=O) groups excluding carboxylic acids is 1. The fourth-order valence-electron chi connectivity index (χ4n) is 2.87. The molecule has 22 heavy (non-hydrogen) atoms. The van der Waals surface area contributed by atoms with Crippen molar-refractivity contribution in [1.29, 1.82) is 0 Å². The molecule has 1 aromatic rings. The van der Waals surface area contributed by atoms with E-state index < -0.39 is 0 Å². The number of amides is 2. The molecule has 2 rings (SSSR count). The van der Waals surface area contributed by atoms with Crippen molar-refractivity contribution in [3.05, 3.63) is 28.2 Å². The first-order valence-electron chi connectivity index (χ1n) is 8.12. The van der Waals surface area contributed by atoms with E-state index in [2.05, 4.69) is 38.4 Å². The van der Waals surface area contributed by atoms with Crippen LogP contribution in [0.3, 0.4) is 0 Å². The van der Waals surface area contributed by atoms with E-state index >= 15 is 0 Å². The van der Waals surface area contributed by atoms with Crippen molar-refractivity contribution in [2.75, 3.05) is 31.5 Å². The highest BCUT2D eigenvalue weighted by Crippen LogP contribution is 2.20. The molecule has 0 aromatic heterocycles. The second kappa shape index (κ2) is 8.53. The van der Waals surface area contributed by atoms with Crippen molar-refractivity contribution in [2.45, 2.75) is 33.1 Å². The van der Waals surface area contributed by atoms with E-state index in [1.807, 2.05) is 25.1 Å². The first-order chi connectivity index (χ1) is 10.6. The lowest BCUT2D eigenvalue weighted by Crippen LogP contribution is -2.40. The Labute approximate surface area is 141 Å². The molecule has 1 saturated heterocycles. The van der Waals surface area contributed by atoms with Crippen LogP contribution in [-0.4, -0.2) is 37.1 Å². The number of carbonyl (C=O) groups is 1. The predicted molar refractivity (Wildman–Crippen MR) is 95.4 cm³/mol. The Hall–Kier alpha value is -1.07. The summed E-state index contributed by atoms with van der Waals surface area (Å²) < 4.78 is 1.05. The number of rotatable bonds is 5. The molecule has 2 N–H and O–H groups in total. The Kier molecular flexibility index (Phi) is 6.70. The van der Waals surface area contributed by atoms with Gasteiger partial charge in [0.05, 0.1) is 0 Å². The van der Waals surface area contributed by atoms with Gasteiger partial charge in [-0.15, -0.1) is 0 Å². The van der Waals surface area contributed by atoms with Gasteiger partial charge in [0.25, 0.3) is 0 Å². The summed E-state index contributed by atoms with van der Waals surface area (Å²) in [6, 6.07) is 5.71. The molecule has 1 fully saturated rings. The molecule has 0 unspecified atom stereocenters. The number of piperidine rings is 1. The van der Waals surface area contributed by atoms with Crippen LogP contribution in [0.5, 0.6) is 0 Å². The molecule has 5 heteroatoms. The Balaban J connectivity index is 1.71. The van der Waals surface area contributed by atoms with Crippen LogP contribution < -0.4 is 10.6 Å². The van der Waals surface area contributed by atoms with Gasteiger partial charge >= 0.3 is 6.03 Å². The fraction of sp³-hybridized carbons (Fsp3) is 0.588. The van der Waals surface area contributed by atoms with Crippen LogP contribution in [0.2, 0.25) is 0 Å². The SMILES string of the molecule is CCCN1CCC(CNC(=O)Nc2ccc(Br)c(C)c2)CC1. The van der Waals surface area contributed by atoms with Gasteiger partial charge in [0, 0.05) is 16.7 Å². The number of urea groups is 1. The predicted octanol–water partition coefficient (Wildman–Crippen LogP) is 4.00. The van der Waals surface area contributed by atoms with Crippen LogP contribution in [0.25, 0.3) is 0 Å². The molecule has 0 spiro atoms. The minimum Gasteiger partial charge on any atom is -0.338 e. The zero-order valence-corrected chi connectivity index (χ0v) is 15.1. The first kappa shape index (κ1) is 17.3. The Bertz CT molecular complexity index is 499. The Morgan fingerprint density at radius 2 is 2.09 bits per heavy atom. The highest BCUT2D eigenvalue weighted by Gasteiger charge is 2.18. The molecule has 0 bridgehead atoms. The van der Waals surface area contributed by atoms with E-state index in [0.29, 0.717) is 5.92 Å². The van der Waals surface area contributed by atoms with E-state index in [9.17, 15) is 4.79 Å². The number of nitrogens with one attached hydrogen (secondary N) is 2. The minimum atomic E-state index is -0.113. The van der Waals surface area contributed by atoms with Crippen molar-refractivity contribution in [1.82, 2.24) is 10.2 Å². The van der Waals surface area contributed by atoms with Crippen LogP contribution in [0.1, 0.15) is 31.7 Å². The van der Waals surface area contributed by atoms with Gasteiger partial charge in [0.1, 0.15) is 0 Å². The maximum atomic E-state index is 12.0. The summed E-state index contributed by atoms with van der Waals surface area (Å²) in [6.07, 6.45) is 3.58. The van der Waals surface area contributed by atoms with E-state index in [-0.39, 0.29) is 6.03 Å². The molecule has 0 atom stereocenters. The van der Waals surface area contributed by atoms with Crippen LogP contribution in [0, 0.1) is 12.8 Å². The van der Waals surface area contributed by atoms with Crippen LogP contribution >= 0.6 is 15.9 Å². The average molecular weight is 368 g/mol. The zero-order chi connectivity index (χ0) is 15.9. The van der Waals surface area contributed by atoms with Gasteiger partial charge in [-0.3, -0.25) is 0 Å². The molecule has 0 aliphatic carbocycles. The number of anilines is 1. The molecule has 1 aliphatic rings. The lowest BCUT2D eigenvalue weighted by Gasteiger charge is -2.31. The normalized spacial score (nSPS) is 16.5. The summed E-state index contributed by atoms with van der Waals surface area (Å²) >= 11 is 3.46. The summed E-state index contributed by atoms with van der Waals surface area (Å²) in [5.41, 5.74) is 1.94. The molecule has 1 aromatic carbocycles. The third kappa shape index (κ3) is 5.29. The van der Waals surface area contributed by atoms with Crippen LogP contribution in [-0.2, 0) is 0 Å². The van der Waals surface area contributed by atoms with Crippen molar-refractivity contribution in [3.8, 4) is 0 Å². The van der Waals surface area contributed by atoms with Gasteiger partial charge in [-0.25, -0.2) is 4.79 Å². The van der Waals surface area contributed by atoms with Crippen LogP contribution in [0.4, 0.5) is 10.5 Å². The van der Waals surface area contributed by atoms with E-state index in [1.54, 1.807) is 0 Å². The number of aryl methyl sites for hydroxylation is 1. The second-order valence-corrected chi connectivity index (χ2v) is 6.94. The van der Waals surface area contributed by atoms with Crippen molar-refractivity contribution in [3.63, 3.8) is 0 Å². The zero-order valence-electron chi connectivity index (χ0n) is 13.5. The molecular formula is C17H26BrN3O. The first-order valence-corrected chi connectivity index (χ1v) is 8.91. The summed E-state index contributed by atoms with van der Waals surface area (Å²) in [5, 5.41) is 5.90. The molecule has 4 nitrogen and oxygen atoms in total. The topological polar surface area (TPSA) is 44.4 Å². The summed E-state index contributed by atoms with van der Waals surface area (Å²) in [5.74, 6) is 0.602. The highest BCUT2D eigenvalue weighted by atomic mass is 79.9. The number of nitrogens with zero attached hydrogens (tertiary/aromatic N) is 1. The summed E-state index contributed by atoms with van der Waals surface area (Å²) in [4.78, 5) is 14.5. The van der Waals surface area contributed by atoms with Crippen molar-refractivity contribution in [2.24, 2.45) is 5.92 Å². The molecule has 0 radical (unpaired) electrons. The van der Waals surface area contributed by atoms with Gasteiger partial charge in [0.15, 0.2) is 0 Å². The maximum absolute atomic E-state index is 12.0. The number of likely N-dealkylation sites (tertiary alicyclic amines) is 1. The molecule has 1 aliphatic heterocycles. The van der Waals surface area contributed by atoms with Crippen molar-refractivity contribution < 1.29 is 4.79 Å². The third-order valence-corrected chi connectivity index (χ3v) is 5.10. The third-order valence-electron chi connectivity index (χ3n) is 4.21. The lowest BCUT2D eigenvalue weighted by molar-refractivity contribution is 0.182. The van der Waals surface area contributed by atoms with E-state index in [0.717, 1.165) is 35.4 Å². The number of hydrogen-bond donors (Lipinski definition) is 2. The Morgan fingerprint density at radius 3 is 2.73 bits per heavy atom. The highest BCUT2D eigenvalue weighted by molar-refractivity contribution is 9.10. The number of hydrogen-bond acceptors (Lipinski definition) is 2. The second-order valence-electron chi connectivity index (χ2n) is 6.08. The largest absolute Gasteiger partial charge is 0.338 e. The summed E-state index contributed by atoms with van der Waals surface area (Å²) in [6.45, 7) is 8.52. The minimum absolute atomic E-state index is 0.113. The quantitative estimate of drug-likeness (QED) is 0.825. The molecular weight excluding hydrogens is 342 g/mol. The number of benzene rings is 1. The average Bonchev–Trinajstić information content (AvgIpc) is 2.51. The van der Waals surface area contributed by atoms with Gasteiger partial charge in [0.2, 0.25) is 0 Å². The molecule has 0 saturated carbocycles. The number of halogens is 1. The van der Waals surface area contributed by atoms with E-state index in [4.69, 9.17) is 0 Å². The van der Waals surface area contributed by atoms with Gasteiger partial charge in [-0.05, 0) is 75.5 Å². The fourth-order valence-corrected chi connectivity index (χ4v) is 3.11. The molecule has 1 heterocycles. The van der Waals surface area contributed by atoms with Gasteiger partial charge in [-0.1, -0.05) is 22.9 Å². The standard InChI is InChI=1S/C17H26BrN3O/c1-3-8-21-9-6-14(7-10-21)12-19-17(22)20-15-4-5-16(18)13(2)11-15/h4-5,11,14H,3,6-10,12H2,1-2H3,(H2,19,20,22). The van der Waals surface area contributed by atoms with Crippen LogP contribution in [0.15, 0.2) is 22.7 Å². The maximum Gasteiger partial charge on any atom is 0.319 e.